The molecule has 2 aromatic carbocycles. The topological polar surface area (TPSA) is 74.8 Å². The highest BCUT2D eigenvalue weighted by Crippen LogP contribution is 2.41. The molecule has 182 valence electrons. The average molecular weight is 476 g/mol. The fourth-order valence-electron chi connectivity index (χ4n) is 4.60. The van der Waals surface area contributed by atoms with Gasteiger partial charge >= 0.3 is 12.1 Å². The molecular formula is C25H27F3N2O4. The van der Waals surface area contributed by atoms with Gasteiger partial charge in [0.15, 0.2) is 11.5 Å². The maximum atomic E-state index is 12.8. The molecule has 0 radical (unpaired) electrons. The highest BCUT2D eigenvalue weighted by Gasteiger charge is 2.35. The summed E-state index contributed by atoms with van der Waals surface area (Å²) in [7, 11) is 1.57. The first-order valence-corrected chi connectivity index (χ1v) is 11.1. The second kappa shape index (κ2) is 9.58. The van der Waals surface area contributed by atoms with Crippen molar-refractivity contribution in [3.05, 3.63) is 59.3 Å². The van der Waals surface area contributed by atoms with E-state index in [4.69, 9.17) is 9.47 Å². The summed E-state index contributed by atoms with van der Waals surface area (Å²) in [5.41, 5.74) is 2.91. The summed E-state index contributed by atoms with van der Waals surface area (Å²) in [6.45, 7) is 2.72. The van der Waals surface area contributed by atoms with Crippen molar-refractivity contribution in [1.82, 2.24) is 9.88 Å². The van der Waals surface area contributed by atoms with E-state index in [0.29, 0.717) is 31.0 Å². The molecule has 1 fully saturated rings. The Morgan fingerprint density at radius 1 is 1.24 bits per heavy atom. The number of hydrogen-bond donors (Lipinski definition) is 2. The lowest BCUT2D eigenvalue weighted by Crippen LogP contribution is -2.45. The molecule has 1 aromatic heterocycles. The van der Waals surface area contributed by atoms with Crippen LogP contribution in [0.5, 0.6) is 11.5 Å². The third kappa shape index (κ3) is 5.14. The number of ether oxygens (including phenoxy) is 2. The van der Waals surface area contributed by atoms with Crippen molar-refractivity contribution in [3.8, 4) is 11.5 Å². The van der Waals surface area contributed by atoms with Gasteiger partial charge in [0.1, 0.15) is 6.10 Å². The second-order valence-corrected chi connectivity index (χ2v) is 8.64. The normalized spacial score (nSPS) is 19.3. The Hall–Kier alpha value is -3.20. The van der Waals surface area contributed by atoms with Crippen LogP contribution in [0.25, 0.3) is 10.9 Å². The molecule has 34 heavy (non-hydrogen) atoms. The van der Waals surface area contributed by atoms with Crippen molar-refractivity contribution in [3.63, 3.8) is 0 Å². The lowest BCUT2D eigenvalue weighted by Gasteiger charge is -2.39. The van der Waals surface area contributed by atoms with Crippen LogP contribution < -0.4 is 9.47 Å². The Labute approximate surface area is 195 Å². The van der Waals surface area contributed by atoms with Crippen molar-refractivity contribution < 1.29 is 32.5 Å². The fourth-order valence-corrected chi connectivity index (χ4v) is 4.60. The van der Waals surface area contributed by atoms with Gasteiger partial charge in [-0.25, -0.2) is 4.79 Å². The maximum Gasteiger partial charge on any atom is 0.390 e. The molecule has 6 nitrogen and oxygen atoms in total. The lowest BCUT2D eigenvalue weighted by atomic mass is 9.87. The SMILES string of the molecule is COc1cc(C)c2[nH]ccc2c1O[C@H]1CCN(CCC(F)(F)F)C[C@H]1c1ccc(C(=O)O)cc1. The molecule has 4 rings (SSSR count). The molecule has 2 heterocycles. The van der Waals surface area contributed by atoms with Crippen LogP contribution in [0.1, 0.15) is 40.2 Å². The minimum atomic E-state index is -4.22. The minimum absolute atomic E-state index is 0.0875. The number of aromatic amines is 1. The van der Waals surface area contributed by atoms with E-state index in [9.17, 15) is 23.1 Å². The predicted molar refractivity (Wildman–Crippen MR) is 122 cm³/mol. The molecule has 0 spiro atoms. The van der Waals surface area contributed by atoms with Crippen LogP contribution in [0.2, 0.25) is 0 Å². The van der Waals surface area contributed by atoms with Crippen molar-refractivity contribution in [2.24, 2.45) is 0 Å². The number of alkyl halides is 3. The van der Waals surface area contributed by atoms with Gasteiger partial charge in [-0.3, -0.25) is 0 Å². The Morgan fingerprint density at radius 2 is 1.97 bits per heavy atom. The summed E-state index contributed by atoms with van der Waals surface area (Å²) in [5, 5.41) is 10.1. The monoisotopic (exact) mass is 476 g/mol. The molecule has 0 bridgehead atoms. The number of carbonyl (C=O) groups is 1. The third-order valence-corrected chi connectivity index (χ3v) is 6.38. The molecule has 1 aliphatic heterocycles. The number of hydrogen-bond acceptors (Lipinski definition) is 4. The number of benzene rings is 2. The maximum absolute atomic E-state index is 12.8. The number of aromatic nitrogens is 1. The zero-order valence-electron chi connectivity index (χ0n) is 19.0. The number of aromatic carboxylic acids is 1. The number of rotatable bonds is 7. The lowest BCUT2D eigenvalue weighted by molar-refractivity contribution is -0.139. The molecule has 0 amide bonds. The van der Waals surface area contributed by atoms with Gasteiger partial charge in [-0.15, -0.1) is 0 Å². The molecule has 0 unspecified atom stereocenters. The summed E-state index contributed by atoms with van der Waals surface area (Å²) in [6.07, 6.45) is -3.08. The van der Waals surface area contributed by atoms with E-state index < -0.39 is 18.6 Å². The van der Waals surface area contributed by atoms with E-state index in [2.05, 4.69) is 4.98 Å². The number of nitrogens with one attached hydrogen (secondary N) is 1. The molecule has 2 atom stereocenters. The largest absolute Gasteiger partial charge is 0.493 e. The minimum Gasteiger partial charge on any atom is -0.493 e. The molecule has 2 N–H and O–H groups in total. The van der Waals surface area contributed by atoms with Gasteiger partial charge in [0.05, 0.1) is 24.6 Å². The Bertz CT molecular complexity index is 1160. The van der Waals surface area contributed by atoms with Crippen molar-refractivity contribution in [2.45, 2.75) is 38.0 Å². The van der Waals surface area contributed by atoms with E-state index >= 15 is 0 Å². The van der Waals surface area contributed by atoms with Gasteiger partial charge in [0.2, 0.25) is 0 Å². The number of carboxylic acids is 1. The van der Waals surface area contributed by atoms with Crippen LogP contribution in [0.3, 0.4) is 0 Å². The molecule has 0 aliphatic carbocycles. The summed E-state index contributed by atoms with van der Waals surface area (Å²) in [5.74, 6) is -0.104. The first-order chi connectivity index (χ1) is 16.2. The average Bonchev–Trinajstić information content (AvgIpc) is 3.30. The summed E-state index contributed by atoms with van der Waals surface area (Å²) in [4.78, 5) is 16.3. The molecule has 9 heteroatoms. The van der Waals surface area contributed by atoms with E-state index in [1.54, 1.807) is 24.1 Å². The van der Waals surface area contributed by atoms with Crippen molar-refractivity contribution in [2.75, 3.05) is 26.7 Å². The zero-order chi connectivity index (χ0) is 24.5. The molecule has 0 saturated carbocycles. The summed E-state index contributed by atoms with van der Waals surface area (Å²) >= 11 is 0. The van der Waals surface area contributed by atoms with E-state index in [1.807, 2.05) is 25.3 Å². The van der Waals surface area contributed by atoms with Crippen molar-refractivity contribution >= 4 is 16.9 Å². The first kappa shape index (κ1) is 23.9. The third-order valence-electron chi connectivity index (χ3n) is 6.38. The van der Waals surface area contributed by atoms with Crippen LogP contribution in [0, 0.1) is 6.92 Å². The van der Waals surface area contributed by atoms with Gasteiger partial charge in [-0.05, 0) is 48.7 Å². The number of carboxylic acid groups (broad SMARTS) is 1. The quantitative estimate of drug-likeness (QED) is 0.480. The van der Waals surface area contributed by atoms with E-state index in [-0.39, 0.29) is 24.1 Å². The van der Waals surface area contributed by atoms with Crippen LogP contribution in [0.4, 0.5) is 13.2 Å². The van der Waals surface area contributed by atoms with Gasteiger partial charge in [-0.2, -0.15) is 13.2 Å². The number of H-pyrrole nitrogens is 1. The van der Waals surface area contributed by atoms with E-state index in [1.165, 1.54) is 12.1 Å². The zero-order valence-corrected chi connectivity index (χ0v) is 19.0. The van der Waals surface area contributed by atoms with Crippen LogP contribution in [0.15, 0.2) is 42.6 Å². The highest BCUT2D eigenvalue weighted by molar-refractivity contribution is 5.91. The van der Waals surface area contributed by atoms with Crippen LogP contribution in [-0.2, 0) is 0 Å². The van der Waals surface area contributed by atoms with Gasteiger partial charge < -0.3 is 24.5 Å². The fraction of sp³-hybridized carbons (Fsp3) is 0.400. The number of halogens is 3. The standard InChI is InChI=1S/C25H27F3N2O4/c1-15-13-21(33-2)23(18-7-10-29-22(15)18)34-20-8-11-30(12-9-25(26,27)28)14-19(20)16-3-5-17(6-4-16)24(31)32/h3-7,10,13,19-20,29H,8-9,11-12,14H2,1-2H3,(H,31,32)/t19-,20-/m0/s1. The Balaban J connectivity index is 1.65. The second-order valence-electron chi connectivity index (χ2n) is 8.64. The highest BCUT2D eigenvalue weighted by atomic mass is 19.4. The Kier molecular flexibility index (Phi) is 6.74. The van der Waals surface area contributed by atoms with Gasteiger partial charge in [0, 0.05) is 37.1 Å². The number of fused-ring (bicyclic) bond motifs is 1. The number of likely N-dealkylation sites (tertiary alicyclic amines) is 1. The molecule has 1 saturated heterocycles. The molecule has 1 aliphatic rings. The van der Waals surface area contributed by atoms with Crippen LogP contribution in [-0.4, -0.2) is 60.0 Å². The number of aryl methyl sites for hydroxylation is 1. The summed E-state index contributed by atoms with van der Waals surface area (Å²) in [6, 6.07) is 10.3. The van der Waals surface area contributed by atoms with Crippen molar-refractivity contribution in [1.29, 1.82) is 0 Å². The van der Waals surface area contributed by atoms with Gasteiger partial charge in [-0.1, -0.05) is 12.1 Å². The molecule has 3 aromatic rings. The first-order valence-electron chi connectivity index (χ1n) is 11.1. The predicted octanol–water partition coefficient (Wildman–Crippen LogP) is 5.37. The molecular weight excluding hydrogens is 449 g/mol. The number of methoxy groups -OCH3 is 1. The Morgan fingerprint density at radius 3 is 2.62 bits per heavy atom. The smallest absolute Gasteiger partial charge is 0.390 e. The summed E-state index contributed by atoms with van der Waals surface area (Å²) < 4.78 is 50.6. The number of nitrogens with zero attached hydrogens (tertiary/aromatic N) is 1. The number of piperidine rings is 1. The van der Waals surface area contributed by atoms with Gasteiger partial charge in [0.25, 0.3) is 0 Å². The van der Waals surface area contributed by atoms with Crippen LogP contribution >= 0.6 is 0 Å². The van der Waals surface area contributed by atoms with E-state index in [0.717, 1.165) is 22.0 Å².